The molecule has 0 radical (unpaired) electrons. The van der Waals surface area contributed by atoms with Crippen LogP contribution in [0.3, 0.4) is 0 Å². The number of carbonyl (C=O) groups excluding carboxylic acids is 1. The van der Waals surface area contributed by atoms with Crippen molar-refractivity contribution < 1.29 is 9.90 Å². The van der Waals surface area contributed by atoms with Crippen LogP contribution in [0.2, 0.25) is 0 Å². The Bertz CT molecular complexity index is 328. The van der Waals surface area contributed by atoms with Gasteiger partial charge < -0.3 is 10.0 Å². The van der Waals surface area contributed by atoms with Gasteiger partial charge in [0.25, 0.3) is 0 Å². The maximum atomic E-state index is 12.6. The quantitative estimate of drug-likeness (QED) is 0.807. The topological polar surface area (TPSA) is 43.8 Å². The van der Waals surface area contributed by atoms with Gasteiger partial charge in [-0.15, -0.1) is 0 Å². The SMILES string of the molecule is CC(C)CN(C(=O)CN1CCCC(C)C1CO)C1CC1. The van der Waals surface area contributed by atoms with E-state index >= 15 is 0 Å². The second kappa shape index (κ2) is 6.90. The van der Waals surface area contributed by atoms with Crippen molar-refractivity contribution in [1.29, 1.82) is 0 Å². The molecule has 1 aliphatic heterocycles. The maximum absolute atomic E-state index is 12.6. The number of amides is 1. The number of hydrogen-bond donors (Lipinski definition) is 1. The molecular weight excluding hydrogens is 252 g/mol. The van der Waals surface area contributed by atoms with Crippen LogP contribution >= 0.6 is 0 Å². The van der Waals surface area contributed by atoms with Gasteiger partial charge in [0.15, 0.2) is 0 Å². The zero-order valence-electron chi connectivity index (χ0n) is 13.2. The first kappa shape index (κ1) is 15.8. The van der Waals surface area contributed by atoms with E-state index in [2.05, 4.69) is 30.6 Å². The molecule has 4 heteroatoms. The second-order valence-corrected chi connectivity index (χ2v) is 7.01. The van der Waals surface area contributed by atoms with Gasteiger partial charge in [0.2, 0.25) is 5.91 Å². The molecule has 2 aliphatic rings. The molecule has 116 valence electrons. The maximum Gasteiger partial charge on any atom is 0.237 e. The lowest BCUT2D eigenvalue weighted by molar-refractivity contribution is -0.135. The zero-order valence-corrected chi connectivity index (χ0v) is 13.2. The molecule has 2 unspecified atom stereocenters. The van der Waals surface area contributed by atoms with Crippen LogP contribution in [-0.2, 0) is 4.79 Å². The van der Waals surface area contributed by atoms with Gasteiger partial charge in [0.05, 0.1) is 13.2 Å². The Morgan fingerprint density at radius 1 is 1.35 bits per heavy atom. The minimum absolute atomic E-state index is 0.160. The van der Waals surface area contributed by atoms with Gasteiger partial charge in [-0.2, -0.15) is 0 Å². The van der Waals surface area contributed by atoms with Crippen LogP contribution in [0, 0.1) is 11.8 Å². The van der Waals surface area contributed by atoms with E-state index in [9.17, 15) is 9.90 Å². The van der Waals surface area contributed by atoms with Crippen LogP contribution in [0.5, 0.6) is 0 Å². The first-order valence-corrected chi connectivity index (χ1v) is 8.17. The zero-order chi connectivity index (χ0) is 14.7. The van der Waals surface area contributed by atoms with Crippen molar-refractivity contribution in [3.8, 4) is 0 Å². The van der Waals surface area contributed by atoms with E-state index in [1.807, 2.05) is 0 Å². The number of likely N-dealkylation sites (tertiary alicyclic amines) is 1. The van der Waals surface area contributed by atoms with E-state index < -0.39 is 0 Å². The Labute approximate surface area is 123 Å². The minimum Gasteiger partial charge on any atom is -0.395 e. The van der Waals surface area contributed by atoms with E-state index in [0.29, 0.717) is 24.4 Å². The number of aliphatic hydroxyl groups is 1. The summed E-state index contributed by atoms with van der Waals surface area (Å²) in [7, 11) is 0. The van der Waals surface area contributed by atoms with Crippen molar-refractivity contribution in [1.82, 2.24) is 9.80 Å². The van der Waals surface area contributed by atoms with Crippen LogP contribution in [0.4, 0.5) is 0 Å². The third kappa shape index (κ3) is 3.95. The number of rotatable bonds is 6. The van der Waals surface area contributed by atoms with E-state index in [1.165, 1.54) is 0 Å². The lowest BCUT2D eigenvalue weighted by atomic mass is 9.91. The van der Waals surface area contributed by atoms with Gasteiger partial charge in [-0.1, -0.05) is 20.8 Å². The van der Waals surface area contributed by atoms with Crippen LogP contribution in [0.15, 0.2) is 0 Å². The Morgan fingerprint density at radius 3 is 2.60 bits per heavy atom. The summed E-state index contributed by atoms with van der Waals surface area (Å²) in [6, 6.07) is 0.646. The predicted molar refractivity (Wildman–Crippen MR) is 80.4 cm³/mol. The summed E-state index contributed by atoms with van der Waals surface area (Å²) in [6.07, 6.45) is 4.63. The monoisotopic (exact) mass is 282 g/mol. The normalized spacial score (nSPS) is 27.9. The molecule has 1 saturated heterocycles. The van der Waals surface area contributed by atoms with Crippen molar-refractivity contribution in [2.45, 2.75) is 58.5 Å². The fraction of sp³-hybridized carbons (Fsp3) is 0.938. The molecule has 2 fully saturated rings. The molecule has 1 aliphatic carbocycles. The summed E-state index contributed by atoms with van der Waals surface area (Å²) in [5.41, 5.74) is 0. The highest BCUT2D eigenvalue weighted by atomic mass is 16.3. The Hall–Kier alpha value is -0.610. The van der Waals surface area contributed by atoms with Gasteiger partial charge in [-0.25, -0.2) is 0 Å². The molecular formula is C16H30N2O2. The number of aliphatic hydroxyl groups excluding tert-OH is 1. The molecule has 1 amide bonds. The second-order valence-electron chi connectivity index (χ2n) is 7.01. The lowest BCUT2D eigenvalue weighted by Gasteiger charge is -2.39. The molecule has 20 heavy (non-hydrogen) atoms. The van der Waals surface area contributed by atoms with Gasteiger partial charge in [0, 0.05) is 18.6 Å². The smallest absolute Gasteiger partial charge is 0.237 e. The first-order chi connectivity index (χ1) is 9.52. The van der Waals surface area contributed by atoms with E-state index in [4.69, 9.17) is 0 Å². The van der Waals surface area contributed by atoms with Gasteiger partial charge in [-0.3, -0.25) is 9.69 Å². The van der Waals surface area contributed by atoms with Crippen molar-refractivity contribution in [3.05, 3.63) is 0 Å². The predicted octanol–water partition coefficient (Wildman–Crippen LogP) is 1.73. The number of hydrogen-bond acceptors (Lipinski definition) is 3. The summed E-state index contributed by atoms with van der Waals surface area (Å²) < 4.78 is 0. The third-order valence-electron chi connectivity index (χ3n) is 4.63. The summed E-state index contributed by atoms with van der Waals surface area (Å²) in [6.45, 7) is 8.99. The van der Waals surface area contributed by atoms with Gasteiger partial charge in [-0.05, 0) is 44.1 Å². The molecule has 2 rings (SSSR count). The molecule has 1 saturated carbocycles. The van der Waals surface area contributed by atoms with Crippen molar-refractivity contribution in [2.24, 2.45) is 11.8 Å². The highest BCUT2D eigenvalue weighted by molar-refractivity contribution is 5.79. The Morgan fingerprint density at radius 2 is 2.05 bits per heavy atom. The van der Waals surface area contributed by atoms with Crippen LogP contribution in [0.1, 0.15) is 46.5 Å². The molecule has 0 aromatic carbocycles. The van der Waals surface area contributed by atoms with Crippen LogP contribution in [0.25, 0.3) is 0 Å². The summed E-state index contributed by atoms with van der Waals surface area (Å²) in [5, 5.41) is 9.58. The van der Waals surface area contributed by atoms with Gasteiger partial charge >= 0.3 is 0 Å². The molecule has 1 heterocycles. The number of carbonyl (C=O) groups is 1. The fourth-order valence-electron chi connectivity index (χ4n) is 3.32. The number of nitrogens with zero attached hydrogens (tertiary/aromatic N) is 2. The highest BCUT2D eigenvalue weighted by Gasteiger charge is 2.35. The average molecular weight is 282 g/mol. The molecule has 2 atom stereocenters. The van der Waals surface area contributed by atoms with E-state index in [-0.39, 0.29) is 18.6 Å². The van der Waals surface area contributed by atoms with Crippen LogP contribution in [-0.4, -0.2) is 59.1 Å². The number of piperidine rings is 1. The molecule has 0 bridgehead atoms. The van der Waals surface area contributed by atoms with Crippen molar-refractivity contribution in [2.75, 3.05) is 26.2 Å². The first-order valence-electron chi connectivity index (χ1n) is 8.17. The Balaban J connectivity index is 1.94. The molecule has 0 spiro atoms. The molecule has 1 N–H and O–H groups in total. The average Bonchev–Trinajstić information content (AvgIpc) is 3.20. The van der Waals surface area contributed by atoms with E-state index in [0.717, 1.165) is 38.8 Å². The summed E-state index contributed by atoms with van der Waals surface area (Å²) in [4.78, 5) is 16.9. The molecule has 0 aromatic rings. The Kier molecular flexibility index (Phi) is 5.44. The van der Waals surface area contributed by atoms with Crippen molar-refractivity contribution in [3.63, 3.8) is 0 Å². The standard InChI is InChI=1S/C16H30N2O2/c1-12(2)9-18(14-6-7-14)16(20)10-17-8-4-5-13(3)15(17)11-19/h12-15,19H,4-11H2,1-3H3. The highest BCUT2D eigenvalue weighted by Crippen LogP contribution is 2.29. The van der Waals surface area contributed by atoms with Gasteiger partial charge in [0.1, 0.15) is 0 Å². The third-order valence-corrected chi connectivity index (χ3v) is 4.63. The largest absolute Gasteiger partial charge is 0.395 e. The molecule has 0 aromatic heterocycles. The summed E-state index contributed by atoms with van der Waals surface area (Å²) in [5.74, 6) is 1.27. The summed E-state index contributed by atoms with van der Waals surface area (Å²) >= 11 is 0. The van der Waals surface area contributed by atoms with Crippen molar-refractivity contribution >= 4 is 5.91 Å². The lowest BCUT2D eigenvalue weighted by Crippen LogP contribution is -2.51. The molecule has 4 nitrogen and oxygen atoms in total. The minimum atomic E-state index is 0.160. The fourth-order valence-corrected chi connectivity index (χ4v) is 3.32. The van der Waals surface area contributed by atoms with E-state index in [1.54, 1.807) is 0 Å². The van der Waals surface area contributed by atoms with Crippen LogP contribution < -0.4 is 0 Å².